The number of rotatable bonds is 5. The maximum atomic E-state index is 11.7. The molecule has 0 unspecified atom stereocenters. The van der Waals surface area contributed by atoms with E-state index in [1.807, 2.05) is 43.3 Å². The van der Waals surface area contributed by atoms with Gasteiger partial charge in [0.1, 0.15) is 5.70 Å². The van der Waals surface area contributed by atoms with Crippen molar-refractivity contribution in [2.24, 2.45) is 0 Å². The molecule has 108 valence electrons. The maximum absolute atomic E-state index is 11.7. The van der Waals surface area contributed by atoms with E-state index in [4.69, 9.17) is 0 Å². The minimum Gasteiger partial charge on any atom is -0.466 e. The number of amides is 1. The Labute approximate surface area is 118 Å². The van der Waals surface area contributed by atoms with Crippen LogP contribution in [-0.2, 0) is 14.3 Å². The lowest BCUT2D eigenvalue weighted by atomic mass is 10.2. The first kappa shape index (κ1) is 15.6. The molecule has 0 saturated heterocycles. The van der Waals surface area contributed by atoms with Crippen LogP contribution in [0.2, 0.25) is 0 Å². The summed E-state index contributed by atoms with van der Waals surface area (Å²) in [6.45, 7) is 0. The average molecular weight is 277 g/mol. The van der Waals surface area contributed by atoms with Crippen LogP contribution in [-0.4, -0.2) is 40.1 Å². The SMILES string of the molecule is CNC(=O)/C(=C/C(=O)OC)Nc1ccc(N(C)C)cc1. The lowest BCUT2D eigenvalue weighted by molar-refractivity contribution is -0.135. The molecule has 1 aromatic rings. The molecular formula is C14H19N3O3. The predicted molar refractivity (Wildman–Crippen MR) is 78.6 cm³/mol. The van der Waals surface area contributed by atoms with Crippen molar-refractivity contribution in [3.05, 3.63) is 36.0 Å². The highest BCUT2D eigenvalue weighted by atomic mass is 16.5. The van der Waals surface area contributed by atoms with Crippen molar-refractivity contribution in [1.29, 1.82) is 0 Å². The van der Waals surface area contributed by atoms with Crippen molar-refractivity contribution in [3.8, 4) is 0 Å². The summed E-state index contributed by atoms with van der Waals surface area (Å²) in [4.78, 5) is 24.9. The second-order valence-electron chi connectivity index (χ2n) is 4.23. The van der Waals surface area contributed by atoms with E-state index in [1.165, 1.54) is 14.2 Å². The Bertz CT molecular complexity index is 507. The van der Waals surface area contributed by atoms with Gasteiger partial charge in [-0.2, -0.15) is 0 Å². The Hall–Kier alpha value is -2.50. The zero-order chi connectivity index (χ0) is 15.1. The third kappa shape index (κ3) is 4.31. The van der Waals surface area contributed by atoms with Crippen LogP contribution < -0.4 is 15.5 Å². The van der Waals surface area contributed by atoms with Gasteiger partial charge in [-0.1, -0.05) is 0 Å². The van der Waals surface area contributed by atoms with E-state index < -0.39 is 11.9 Å². The van der Waals surface area contributed by atoms with E-state index in [0.717, 1.165) is 11.8 Å². The summed E-state index contributed by atoms with van der Waals surface area (Å²) in [7, 11) is 6.63. The number of methoxy groups -OCH3 is 1. The third-order valence-electron chi connectivity index (χ3n) is 2.60. The van der Waals surface area contributed by atoms with Crippen molar-refractivity contribution in [3.63, 3.8) is 0 Å². The number of benzene rings is 1. The van der Waals surface area contributed by atoms with Gasteiger partial charge < -0.3 is 20.3 Å². The van der Waals surface area contributed by atoms with Crippen LogP contribution in [0.5, 0.6) is 0 Å². The van der Waals surface area contributed by atoms with Gasteiger partial charge in [0, 0.05) is 32.5 Å². The Balaban J connectivity index is 2.92. The van der Waals surface area contributed by atoms with E-state index in [2.05, 4.69) is 15.4 Å². The molecule has 0 saturated carbocycles. The molecule has 2 N–H and O–H groups in total. The van der Waals surface area contributed by atoms with Gasteiger partial charge in [0.25, 0.3) is 5.91 Å². The number of ether oxygens (including phenoxy) is 1. The third-order valence-corrected chi connectivity index (χ3v) is 2.60. The second kappa shape index (κ2) is 7.18. The molecule has 6 heteroatoms. The van der Waals surface area contributed by atoms with Gasteiger partial charge in [-0.15, -0.1) is 0 Å². The second-order valence-corrected chi connectivity index (χ2v) is 4.23. The number of hydrogen-bond acceptors (Lipinski definition) is 5. The van der Waals surface area contributed by atoms with Crippen LogP contribution in [0, 0.1) is 0 Å². The predicted octanol–water partition coefficient (Wildman–Crippen LogP) is 0.967. The zero-order valence-corrected chi connectivity index (χ0v) is 12.1. The zero-order valence-electron chi connectivity index (χ0n) is 12.1. The van der Waals surface area contributed by atoms with Gasteiger partial charge in [0.05, 0.1) is 13.2 Å². The molecule has 0 aliphatic rings. The minimum absolute atomic E-state index is 0.122. The van der Waals surface area contributed by atoms with Crippen molar-refractivity contribution >= 4 is 23.3 Å². The number of likely N-dealkylation sites (N-methyl/N-ethyl adjacent to an activating group) is 1. The summed E-state index contributed by atoms with van der Waals surface area (Å²) >= 11 is 0. The van der Waals surface area contributed by atoms with Crippen LogP contribution in [0.3, 0.4) is 0 Å². The molecule has 20 heavy (non-hydrogen) atoms. The van der Waals surface area contributed by atoms with Crippen molar-refractivity contribution < 1.29 is 14.3 Å². The topological polar surface area (TPSA) is 70.7 Å². The van der Waals surface area contributed by atoms with Gasteiger partial charge in [0.15, 0.2) is 0 Å². The number of carbonyl (C=O) groups excluding carboxylic acids is 2. The first-order valence-corrected chi connectivity index (χ1v) is 6.04. The lowest BCUT2D eigenvalue weighted by Gasteiger charge is -2.14. The molecule has 1 rings (SSSR count). The van der Waals surface area contributed by atoms with Gasteiger partial charge in [0.2, 0.25) is 0 Å². The van der Waals surface area contributed by atoms with Gasteiger partial charge in [-0.05, 0) is 24.3 Å². The summed E-state index contributed by atoms with van der Waals surface area (Å²) in [5, 5.41) is 5.35. The van der Waals surface area contributed by atoms with Crippen molar-refractivity contribution in [2.45, 2.75) is 0 Å². The Kier molecular flexibility index (Phi) is 5.58. The molecule has 0 aliphatic heterocycles. The molecule has 0 aromatic heterocycles. The monoisotopic (exact) mass is 277 g/mol. The first-order valence-electron chi connectivity index (χ1n) is 6.04. The largest absolute Gasteiger partial charge is 0.466 e. The number of esters is 1. The van der Waals surface area contributed by atoms with E-state index in [1.54, 1.807) is 0 Å². The summed E-state index contributed by atoms with van der Waals surface area (Å²) in [5.41, 5.74) is 1.86. The summed E-state index contributed by atoms with van der Waals surface area (Å²) < 4.78 is 4.52. The lowest BCUT2D eigenvalue weighted by Crippen LogP contribution is -2.25. The number of hydrogen-bond donors (Lipinski definition) is 2. The fourth-order valence-electron chi connectivity index (χ4n) is 1.47. The molecule has 0 atom stereocenters. The summed E-state index contributed by atoms with van der Waals surface area (Å²) in [6, 6.07) is 7.46. The highest BCUT2D eigenvalue weighted by molar-refractivity contribution is 6.01. The molecule has 0 bridgehead atoms. The minimum atomic E-state index is -0.596. The smallest absolute Gasteiger partial charge is 0.332 e. The quantitative estimate of drug-likeness (QED) is 0.620. The molecular weight excluding hydrogens is 258 g/mol. The fraction of sp³-hybridized carbons (Fsp3) is 0.286. The maximum Gasteiger partial charge on any atom is 0.332 e. The number of carbonyl (C=O) groups is 2. The van der Waals surface area contributed by atoms with Crippen LogP contribution >= 0.6 is 0 Å². The highest BCUT2D eigenvalue weighted by Gasteiger charge is 2.10. The Morgan fingerprint density at radius 1 is 1.20 bits per heavy atom. The van der Waals surface area contributed by atoms with Gasteiger partial charge in [-0.3, -0.25) is 4.79 Å². The van der Waals surface area contributed by atoms with Crippen LogP contribution in [0.4, 0.5) is 11.4 Å². The van der Waals surface area contributed by atoms with Crippen LogP contribution in [0.25, 0.3) is 0 Å². The first-order chi connectivity index (χ1) is 9.47. The molecule has 1 amide bonds. The Morgan fingerprint density at radius 3 is 2.25 bits per heavy atom. The molecule has 0 heterocycles. The van der Waals surface area contributed by atoms with E-state index in [9.17, 15) is 9.59 Å². The van der Waals surface area contributed by atoms with Crippen molar-refractivity contribution in [1.82, 2.24) is 5.32 Å². The molecule has 6 nitrogen and oxygen atoms in total. The normalized spacial score (nSPS) is 10.7. The van der Waals surface area contributed by atoms with E-state index in [0.29, 0.717) is 5.69 Å². The standard InChI is InChI=1S/C14H19N3O3/c1-15-14(19)12(9-13(18)20-4)16-10-5-7-11(8-6-10)17(2)3/h5-9,16H,1-4H3,(H,15,19)/b12-9-. The van der Waals surface area contributed by atoms with E-state index in [-0.39, 0.29) is 5.70 Å². The van der Waals surface area contributed by atoms with E-state index >= 15 is 0 Å². The Morgan fingerprint density at radius 2 is 1.80 bits per heavy atom. The molecule has 0 aliphatic carbocycles. The van der Waals surface area contributed by atoms with Gasteiger partial charge >= 0.3 is 5.97 Å². The summed E-state index contributed by atoms with van der Waals surface area (Å²) in [6.07, 6.45) is 1.11. The van der Waals surface area contributed by atoms with Crippen LogP contribution in [0.1, 0.15) is 0 Å². The average Bonchev–Trinajstić information content (AvgIpc) is 2.46. The number of nitrogens with one attached hydrogen (secondary N) is 2. The highest BCUT2D eigenvalue weighted by Crippen LogP contribution is 2.17. The summed E-state index contributed by atoms with van der Waals surface area (Å²) in [5.74, 6) is -0.993. The fourth-order valence-corrected chi connectivity index (χ4v) is 1.47. The van der Waals surface area contributed by atoms with Crippen molar-refractivity contribution in [2.75, 3.05) is 38.5 Å². The molecule has 1 aromatic carbocycles. The molecule has 0 radical (unpaired) electrons. The molecule has 0 fully saturated rings. The number of nitrogens with zero attached hydrogens (tertiary/aromatic N) is 1. The number of anilines is 2. The molecule has 0 spiro atoms. The van der Waals surface area contributed by atoms with Gasteiger partial charge in [-0.25, -0.2) is 4.79 Å². The van der Waals surface area contributed by atoms with Crippen LogP contribution in [0.15, 0.2) is 36.0 Å².